The average molecular weight is 464 g/mol. The number of ether oxygens (including phenoxy) is 1. The summed E-state index contributed by atoms with van der Waals surface area (Å²) in [7, 11) is 0. The largest absolute Gasteiger partial charge is 0.481 e. The summed E-state index contributed by atoms with van der Waals surface area (Å²) in [5, 5.41) is 9.01. The zero-order valence-corrected chi connectivity index (χ0v) is 16.7. The van der Waals surface area contributed by atoms with E-state index in [1.807, 2.05) is 24.3 Å². The van der Waals surface area contributed by atoms with Crippen LogP contribution in [0.1, 0.15) is 16.8 Å². The van der Waals surface area contributed by atoms with Crippen molar-refractivity contribution in [3.63, 3.8) is 0 Å². The molecule has 0 bridgehead atoms. The molecule has 1 N–H and O–H groups in total. The SMILES string of the molecule is Cl.Cl.O=C(O)C1CCN(C(=O)c2ccc(Oc3cccc(Br)c3)nc2)C1. The van der Waals surface area contributed by atoms with Gasteiger partial charge in [-0.1, -0.05) is 22.0 Å². The second-order valence-corrected chi connectivity index (χ2v) is 6.44. The van der Waals surface area contributed by atoms with Crippen LogP contribution in [-0.4, -0.2) is 40.0 Å². The van der Waals surface area contributed by atoms with Gasteiger partial charge in [-0.25, -0.2) is 4.98 Å². The quantitative estimate of drug-likeness (QED) is 0.740. The summed E-state index contributed by atoms with van der Waals surface area (Å²) in [6.07, 6.45) is 1.93. The minimum Gasteiger partial charge on any atom is -0.481 e. The van der Waals surface area contributed by atoms with Gasteiger partial charge in [0.1, 0.15) is 5.75 Å². The van der Waals surface area contributed by atoms with Gasteiger partial charge < -0.3 is 14.7 Å². The molecule has 3 rings (SSSR count). The molecule has 1 aromatic heterocycles. The number of amides is 1. The van der Waals surface area contributed by atoms with E-state index in [9.17, 15) is 9.59 Å². The molecule has 0 aliphatic carbocycles. The van der Waals surface area contributed by atoms with E-state index < -0.39 is 11.9 Å². The Hall–Kier alpha value is -1.83. The molecule has 1 aliphatic rings. The van der Waals surface area contributed by atoms with Crippen LogP contribution in [0.3, 0.4) is 0 Å². The first-order chi connectivity index (χ1) is 11.5. The van der Waals surface area contributed by atoms with Crippen LogP contribution < -0.4 is 4.74 Å². The van der Waals surface area contributed by atoms with Gasteiger partial charge >= 0.3 is 5.97 Å². The second-order valence-electron chi connectivity index (χ2n) is 5.52. The molecule has 140 valence electrons. The van der Waals surface area contributed by atoms with E-state index in [-0.39, 0.29) is 37.3 Å². The zero-order valence-electron chi connectivity index (χ0n) is 13.5. The lowest BCUT2D eigenvalue weighted by atomic mass is 10.1. The van der Waals surface area contributed by atoms with Crippen molar-refractivity contribution in [1.82, 2.24) is 9.88 Å². The topological polar surface area (TPSA) is 79.7 Å². The van der Waals surface area contributed by atoms with Crippen molar-refractivity contribution in [2.45, 2.75) is 6.42 Å². The van der Waals surface area contributed by atoms with Crippen LogP contribution in [-0.2, 0) is 4.79 Å². The molecule has 6 nitrogen and oxygen atoms in total. The number of carboxylic acid groups (broad SMARTS) is 1. The molecule has 0 saturated carbocycles. The molecule has 0 radical (unpaired) electrons. The first kappa shape index (κ1) is 22.2. The Morgan fingerprint density at radius 1 is 1.23 bits per heavy atom. The molecule has 1 aromatic carbocycles. The van der Waals surface area contributed by atoms with Crippen LogP contribution in [0.15, 0.2) is 47.1 Å². The minimum absolute atomic E-state index is 0. The third kappa shape index (κ3) is 5.33. The lowest BCUT2D eigenvalue weighted by molar-refractivity contribution is -0.141. The monoisotopic (exact) mass is 462 g/mol. The number of halogens is 3. The first-order valence-electron chi connectivity index (χ1n) is 7.44. The van der Waals surface area contributed by atoms with Crippen LogP contribution in [0.4, 0.5) is 0 Å². The first-order valence-corrected chi connectivity index (χ1v) is 8.24. The van der Waals surface area contributed by atoms with E-state index >= 15 is 0 Å². The number of carbonyl (C=O) groups excluding carboxylic acids is 1. The predicted octanol–water partition coefficient (Wildman–Crippen LogP) is 4.03. The van der Waals surface area contributed by atoms with Crippen molar-refractivity contribution in [3.8, 4) is 11.6 Å². The van der Waals surface area contributed by atoms with Gasteiger partial charge in [-0.05, 0) is 30.7 Å². The van der Waals surface area contributed by atoms with Crippen LogP contribution in [0.25, 0.3) is 0 Å². The molecule has 0 spiro atoms. The van der Waals surface area contributed by atoms with Crippen LogP contribution in [0, 0.1) is 5.92 Å². The van der Waals surface area contributed by atoms with Crippen molar-refractivity contribution in [1.29, 1.82) is 0 Å². The highest BCUT2D eigenvalue weighted by Gasteiger charge is 2.31. The van der Waals surface area contributed by atoms with E-state index in [0.717, 1.165) is 4.47 Å². The van der Waals surface area contributed by atoms with E-state index in [1.165, 1.54) is 6.20 Å². The number of carboxylic acids is 1. The molecular weight excluding hydrogens is 447 g/mol. The fourth-order valence-electron chi connectivity index (χ4n) is 2.55. The number of likely N-dealkylation sites (tertiary alicyclic amines) is 1. The van der Waals surface area contributed by atoms with Gasteiger partial charge in [0.05, 0.1) is 11.5 Å². The highest BCUT2D eigenvalue weighted by atomic mass is 79.9. The Morgan fingerprint density at radius 3 is 2.58 bits per heavy atom. The summed E-state index contributed by atoms with van der Waals surface area (Å²) in [4.78, 5) is 29.0. The molecule has 1 fully saturated rings. The van der Waals surface area contributed by atoms with Crippen molar-refractivity contribution in [2.24, 2.45) is 5.92 Å². The minimum atomic E-state index is -0.860. The number of benzene rings is 1. The smallest absolute Gasteiger partial charge is 0.308 e. The van der Waals surface area contributed by atoms with Crippen LogP contribution in [0.2, 0.25) is 0 Å². The van der Waals surface area contributed by atoms with Crippen molar-refractivity contribution >= 4 is 52.6 Å². The maximum absolute atomic E-state index is 12.4. The van der Waals surface area contributed by atoms with Gasteiger partial charge in [-0.3, -0.25) is 9.59 Å². The highest BCUT2D eigenvalue weighted by Crippen LogP contribution is 2.24. The van der Waals surface area contributed by atoms with Crippen molar-refractivity contribution in [3.05, 3.63) is 52.6 Å². The number of pyridine rings is 1. The van der Waals surface area contributed by atoms with Gasteiger partial charge in [-0.2, -0.15) is 0 Å². The summed E-state index contributed by atoms with van der Waals surface area (Å²) in [5.41, 5.74) is 0.419. The Morgan fingerprint density at radius 2 is 2.00 bits per heavy atom. The summed E-state index contributed by atoms with van der Waals surface area (Å²) in [5.74, 6) is -0.531. The third-order valence-electron chi connectivity index (χ3n) is 3.83. The summed E-state index contributed by atoms with van der Waals surface area (Å²) in [6, 6.07) is 10.6. The van der Waals surface area contributed by atoms with E-state index in [0.29, 0.717) is 30.2 Å². The van der Waals surface area contributed by atoms with Gasteiger partial charge in [0.25, 0.3) is 5.91 Å². The number of nitrogens with zero attached hydrogens (tertiary/aromatic N) is 2. The van der Waals surface area contributed by atoms with E-state index in [1.54, 1.807) is 17.0 Å². The average Bonchev–Trinajstić information content (AvgIpc) is 3.05. The summed E-state index contributed by atoms with van der Waals surface area (Å²) >= 11 is 3.37. The Balaban J connectivity index is 0.00000169. The predicted molar refractivity (Wildman–Crippen MR) is 105 cm³/mol. The fourth-order valence-corrected chi connectivity index (χ4v) is 2.93. The van der Waals surface area contributed by atoms with Crippen molar-refractivity contribution in [2.75, 3.05) is 13.1 Å². The normalized spacial score (nSPS) is 15.6. The molecule has 1 saturated heterocycles. The molecular formula is C17H17BrCl2N2O4. The Bertz CT molecular complexity index is 774. The number of aliphatic carboxylic acids is 1. The van der Waals surface area contributed by atoms with Crippen LogP contribution in [0.5, 0.6) is 11.6 Å². The molecule has 26 heavy (non-hydrogen) atoms. The maximum atomic E-state index is 12.4. The molecule has 2 aromatic rings. The molecule has 2 heterocycles. The number of rotatable bonds is 4. The van der Waals surface area contributed by atoms with Crippen molar-refractivity contribution < 1.29 is 19.4 Å². The standard InChI is InChI=1S/C17H15BrN2O4.2ClH/c18-13-2-1-3-14(8-13)24-15-5-4-11(9-19-15)16(21)20-7-6-12(10-20)17(22)23;;/h1-5,8-9,12H,6-7,10H2,(H,22,23);2*1H. The molecule has 1 unspecified atom stereocenters. The molecule has 1 amide bonds. The van der Waals surface area contributed by atoms with Gasteiger partial charge in [-0.15, -0.1) is 24.8 Å². The number of carbonyl (C=O) groups is 2. The highest BCUT2D eigenvalue weighted by molar-refractivity contribution is 9.10. The fraction of sp³-hybridized carbons (Fsp3) is 0.235. The van der Waals surface area contributed by atoms with E-state index in [2.05, 4.69) is 20.9 Å². The van der Waals surface area contributed by atoms with E-state index in [4.69, 9.17) is 9.84 Å². The lowest BCUT2D eigenvalue weighted by Gasteiger charge is -2.15. The molecule has 9 heteroatoms. The lowest BCUT2D eigenvalue weighted by Crippen LogP contribution is -2.30. The molecule has 1 atom stereocenters. The Kier molecular flexibility index (Phi) is 8.33. The second kappa shape index (κ2) is 9.75. The van der Waals surface area contributed by atoms with Crippen LogP contribution >= 0.6 is 40.7 Å². The van der Waals surface area contributed by atoms with Gasteiger partial charge in [0, 0.05) is 29.8 Å². The summed E-state index contributed by atoms with van der Waals surface area (Å²) < 4.78 is 6.52. The third-order valence-corrected chi connectivity index (χ3v) is 4.32. The van der Waals surface area contributed by atoms with Gasteiger partial charge in [0.2, 0.25) is 5.88 Å². The maximum Gasteiger partial charge on any atom is 0.308 e. The Labute approximate surface area is 171 Å². The summed E-state index contributed by atoms with van der Waals surface area (Å²) in [6.45, 7) is 0.691. The number of hydrogen-bond donors (Lipinski definition) is 1. The molecule has 1 aliphatic heterocycles. The zero-order chi connectivity index (χ0) is 17.1. The number of hydrogen-bond acceptors (Lipinski definition) is 4. The number of aromatic nitrogens is 1. The van der Waals surface area contributed by atoms with Gasteiger partial charge in [0.15, 0.2) is 0 Å².